The summed E-state index contributed by atoms with van der Waals surface area (Å²) >= 11 is 0. The second-order valence-electron chi connectivity index (χ2n) is 2.96. The number of hydrogen-bond donors (Lipinski definition) is 0. The third-order valence-corrected chi connectivity index (χ3v) is 1.91. The molecule has 16 heavy (non-hydrogen) atoms. The molecule has 0 bridgehead atoms. The molecule has 0 saturated carbocycles. The molecule has 0 aliphatic carbocycles. The Balaban J connectivity index is 2.61. The van der Waals surface area contributed by atoms with Crippen LogP contribution >= 0.6 is 0 Å². The number of ether oxygens (including phenoxy) is 2. The van der Waals surface area contributed by atoms with Gasteiger partial charge in [-0.1, -0.05) is 6.58 Å². The van der Waals surface area contributed by atoms with Crippen LogP contribution in [-0.4, -0.2) is 25.5 Å². The first-order valence-electron chi connectivity index (χ1n) is 4.64. The van der Waals surface area contributed by atoms with E-state index in [-0.39, 0.29) is 12.4 Å². The molecule has 0 aliphatic rings. The minimum Gasteiger partial charge on any atom is -0.482 e. The summed E-state index contributed by atoms with van der Waals surface area (Å²) in [5, 5.41) is 0. The largest absolute Gasteiger partial charge is 0.482 e. The smallest absolute Gasteiger partial charge is 0.343 e. The molecule has 0 aliphatic heterocycles. The topological polar surface area (TPSA) is 52.6 Å². The highest BCUT2D eigenvalue weighted by Gasteiger charge is 2.03. The van der Waals surface area contributed by atoms with Gasteiger partial charge in [0.2, 0.25) is 0 Å². The van der Waals surface area contributed by atoms with Crippen molar-refractivity contribution in [1.29, 1.82) is 0 Å². The summed E-state index contributed by atoms with van der Waals surface area (Å²) in [7, 11) is 1.29. The number of rotatable bonds is 5. The second kappa shape index (κ2) is 5.70. The molecular weight excluding hydrogens is 208 g/mol. The van der Waals surface area contributed by atoms with Gasteiger partial charge in [-0.15, -0.1) is 0 Å². The Hall–Kier alpha value is -2.10. The van der Waals surface area contributed by atoms with Crippen molar-refractivity contribution in [2.24, 2.45) is 0 Å². The molecule has 4 nitrogen and oxygen atoms in total. The highest BCUT2D eigenvalue weighted by molar-refractivity contribution is 6.04. The molecule has 84 valence electrons. The fraction of sp³-hybridized carbons (Fsp3) is 0.167. The minimum absolute atomic E-state index is 0.148. The van der Waals surface area contributed by atoms with E-state index < -0.39 is 5.97 Å². The summed E-state index contributed by atoms with van der Waals surface area (Å²) in [6.07, 6.45) is 1.24. The molecule has 1 rings (SSSR count). The standard InChI is InChI=1S/C12H12O4/c1-3-11(13)9-4-6-10(7-5-9)16-8-12(14)15-2/h3-7H,1,8H2,2H3. The van der Waals surface area contributed by atoms with Crippen molar-refractivity contribution in [3.63, 3.8) is 0 Å². The molecule has 1 aromatic carbocycles. The van der Waals surface area contributed by atoms with Gasteiger partial charge >= 0.3 is 5.97 Å². The van der Waals surface area contributed by atoms with Gasteiger partial charge in [-0.2, -0.15) is 0 Å². The third-order valence-electron chi connectivity index (χ3n) is 1.91. The first-order chi connectivity index (χ1) is 7.67. The first-order valence-corrected chi connectivity index (χ1v) is 4.64. The van der Waals surface area contributed by atoms with Gasteiger partial charge in [0.1, 0.15) is 5.75 Å². The van der Waals surface area contributed by atoms with Crippen molar-refractivity contribution in [3.8, 4) is 5.75 Å². The van der Waals surface area contributed by atoms with E-state index in [9.17, 15) is 9.59 Å². The normalized spacial score (nSPS) is 9.31. The fourth-order valence-corrected chi connectivity index (χ4v) is 1.03. The average molecular weight is 220 g/mol. The molecule has 0 fully saturated rings. The molecule has 0 amide bonds. The van der Waals surface area contributed by atoms with Crippen molar-refractivity contribution in [2.45, 2.75) is 0 Å². The number of esters is 1. The number of hydrogen-bond acceptors (Lipinski definition) is 4. The lowest BCUT2D eigenvalue weighted by atomic mass is 10.1. The summed E-state index contributed by atoms with van der Waals surface area (Å²) < 4.78 is 9.54. The molecule has 1 aromatic rings. The Labute approximate surface area is 93.5 Å². The summed E-state index contributed by atoms with van der Waals surface area (Å²) in [6, 6.07) is 6.44. The van der Waals surface area contributed by atoms with Crippen molar-refractivity contribution in [1.82, 2.24) is 0 Å². The SMILES string of the molecule is C=CC(=O)c1ccc(OCC(=O)OC)cc1. The Morgan fingerprint density at radius 1 is 1.31 bits per heavy atom. The summed E-state index contributed by atoms with van der Waals surface area (Å²) in [6.45, 7) is 3.24. The number of allylic oxidation sites excluding steroid dienone is 1. The van der Waals surface area contributed by atoms with Crippen LogP contribution in [0.25, 0.3) is 0 Å². The Bertz CT molecular complexity index is 392. The zero-order valence-electron chi connectivity index (χ0n) is 8.93. The van der Waals surface area contributed by atoms with Gasteiger partial charge in [0.15, 0.2) is 12.4 Å². The van der Waals surface area contributed by atoms with E-state index in [2.05, 4.69) is 11.3 Å². The van der Waals surface area contributed by atoms with Gasteiger partial charge in [0.25, 0.3) is 0 Å². The van der Waals surface area contributed by atoms with Gasteiger partial charge < -0.3 is 9.47 Å². The maximum Gasteiger partial charge on any atom is 0.343 e. The lowest BCUT2D eigenvalue weighted by Crippen LogP contribution is -2.12. The molecule has 0 spiro atoms. The highest BCUT2D eigenvalue weighted by atomic mass is 16.6. The number of methoxy groups -OCH3 is 1. The van der Waals surface area contributed by atoms with Crippen LogP contribution in [0.5, 0.6) is 5.75 Å². The van der Waals surface area contributed by atoms with E-state index in [0.29, 0.717) is 11.3 Å². The molecular formula is C12H12O4. The lowest BCUT2D eigenvalue weighted by Gasteiger charge is -2.04. The van der Waals surface area contributed by atoms with E-state index in [1.54, 1.807) is 24.3 Å². The van der Waals surface area contributed by atoms with Crippen LogP contribution in [0.1, 0.15) is 10.4 Å². The Morgan fingerprint density at radius 3 is 2.44 bits per heavy atom. The minimum atomic E-state index is -0.453. The van der Waals surface area contributed by atoms with E-state index in [1.165, 1.54) is 13.2 Å². The zero-order valence-corrected chi connectivity index (χ0v) is 8.93. The Kier molecular flexibility index (Phi) is 4.27. The van der Waals surface area contributed by atoms with Crippen molar-refractivity contribution in [2.75, 3.05) is 13.7 Å². The number of benzene rings is 1. The number of ketones is 1. The van der Waals surface area contributed by atoms with Crippen molar-refractivity contribution < 1.29 is 19.1 Å². The van der Waals surface area contributed by atoms with Crippen molar-refractivity contribution in [3.05, 3.63) is 42.5 Å². The molecule has 0 heterocycles. The van der Waals surface area contributed by atoms with E-state index in [1.807, 2.05) is 0 Å². The number of carbonyl (C=O) groups excluding carboxylic acids is 2. The zero-order chi connectivity index (χ0) is 12.0. The van der Waals surface area contributed by atoms with Gasteiger partial charge in [-0.05, 0) is 30.3 Å². The summed E-state index contributed by atoms with van der Waals surface area (Å²) in [5.41, 5.74) is 0.528. The monoisotopic (exact) mass is 220 g/mol. The predicted molar refractivity (Wildman–Crippen MR) is 58.5 cm³/mol. The maximum atomic E-state index is 11.2. The molecule has 0 atom stereocenters. The van der Waals surface area contributed by atoms with Crippen molar-refractivity contribution >= 4 is 11.8 Å². The Morgan fingerprint density at radius 2 is 1.94 bits per heavy atom. The van der Waals surface area contributed by atoms with Crippen LogP contribution in [0.3, 0.4) is 0 Å². The van der Waals surface area contributed by atoms with Crippen LogP contribution in [-0.2, 0) is 9.53 Å². The molecule has 0 radical (unpaired) electrons. The van der Waals surface area contributed by atoms with E-state index in [4.69, 9.17) is 4.74 Å². The molecule has 0 aromatic heterocycles. The predicted octanol–water partition coefficient (Wildman–Crippen LogP) is 1.61. The van der Waals surface area contributed by atoms with Gasteiger partial charge in [-0.25, -0.2) is 4.79 Å². The van der Waals surface area contributed by atoms with E-state index >= 15 is 0 Å². The molecule has 0 unspecified atom stereocenters. The molecule has 0 N–H and O–H groups in total. The van der Waals surface area contributed by atoms with E-state index in [0.717, 1.165) is 0 Å². The van der Waals surface area contributed by atoms with Crippen LogP contribution in [0.2, 0.25) is 0 Å². The van der Waals surface area contributed by atoms with Crippen LogP contribution < -0.4 is 4.74 Å². The average Bonchev–Trinajstić information content (AvgIpc) is 2.35. The number of carbonyl (C=O) groups is 2. The summed E-state index contributed by atoms with van der Waals surface area (Å²) in [5.74, 6) is -0.100. The van der Waals surface area contributed by atoms with Gasteiger partial charge in [-0.3, -0.25) is 4.79 Å². The van der Waals surface area contributed by atoms with Crippen LogP contribution in [0.15, 0.2) is 36.9 Å². The quantitative estimate of drug-likeness (QED) is 0.429. The lowest BCUT2D eigenvalue weighted by molar-refractivity contribution is -0.142. The highest BCUT2D eigenvalue weighted by Crippen LogP contribution is 2.12. The third kappa shape index (κ3) is 3.24. The van der Waals surface area contributed by atoms with Gasteiger partial charge in [0.05, 0.1) is 7.11 Å². The van der Waals surface area contributed by atoms with Gasteiger partial charge in [0, 0.05) is 5.56 Å². The van der Waals surface area contributed by atoms with Crippen LogP contribution in [0, 0.1) is 0 Å². The molecule has 4 heteroatoms. The maximum absolute atomic E-state index is 11.2. The second-order valence-corrected chi connectivity index (χ2v) is 2.96. The van der Waals surface area contributed by atoms with Crippen LogP contribution in [0.4, 0.5) is 0 Å². The molecule has 0 saturated heterocycles. The summed E-state index contributed by atoms with van der Waals surface area (Å²) in [4.78, 5) is 22.0. The first kappa shape index (κ1) is 12.0. The fourth-order valence-electron chi connectivity index (χ4n) is 1.03.